The Labute approximate surface area is 135 Å². The molecule has 0 aromatic heterocycles. The van der Waals surface area contributed by atoms with E-state index in [9.17, 15) is 4.79 Å². The molecule has 0 aliphatic heterocycles. The lowest BCUT2D eigenvalue weighted by Gasteiger charge is -1.99. The summed E-state index contributed by atoms with van der Waals surface area (Å²) in [5.41, 5.74) is 5.65. The highest BCUT2D eigenvalue weighted by Gasteiger charge is 2.02. The fourth-order valence-electron chi connectivity index (χ4n) is 1.60. The third kappa shape index (κ3) is 7.61. The van der Waals surface area contributed by atoms with Crippen LogP contribution in [0, 0.1) is 0 Å². The predicted molar refractivity (Wildman–Crippen MR) is 92.5 cm³/mol. The topological polar surface area (TPSA) is 41.5 Å². The number of carbonyl (C=O) groups is 1. The summed E-state index contributed by atoms with van der Waals surface area (Å²) in [6.07, 6.45) is 7.78. The van der Waals surface area contributed by atoms with Gasteiger partial charge in [-0.2, -0.15) is 5.10 Å². The Hall–Kier alpha value is -1.68. The zero-order chi connectivity index (χ0) is 15.7. The molecule has 1 rings (SSSR count). The Morgan fingerprint density at radius 3 is 2.52 bits per heavy atom. The molecule has 1 amide bonds. The zero-order valence-electron chi connectivity index (χ0n) is 12.7. The Bertz CT molecular complexity index is 553. The van der Waals surface area contributed by atoms with Crippen molar-refractivity contribution < 1.29 is 4.79 Å². The van der Waals surface area contributed by atoms with Crippen LogP contribution in [0.25, 0.3) is 0 Å². The fraction of sp³-hybridized carbons (Fsp3) is 0.294. The normalized spacial score (nSPS) is 11.5. The Kier molecular flexibility index (Phi) is 7.69. The lowest BCUT2D eigenvalue weighted by Crippen LogP contribution is -2.17. The molecule has 21 heavy (non-hydrogen) atoms. The largest absolute Gasteiger partial charge is 0.271 e. The van der Waals surface area contributed by atoms with Crippen molar-refractivity contribution in [2.24, 2.45) is 5.10 Å². The smallest absolute Gasteiger partial charge is 0.267 e. The Morgan fingerprint density at radius 2 is 1.90 bits per heavy atom. The van der Waals surface area contributed by atoms with Gasteiger partial charge in [0.15, 0.2) is 0 Å². The first-order chi connectivity index (χ1) is 9.99. The van der Waals surface area contributed by atoms with E-state index in [0.29, 0.717) is 5.56 Å². The molecular weight excluding hydrogens is 328 g/mol. The van der Waals surface area contributed by atoms with E-state index in [1.54, 1.807) is 18.3 Å². The van der Waals surface area contributed by atoms with Crippen molar-refractivity contribution in [3.63, 3.8) is 0 Å². The van der Waals surface area contributed by atoms with Gasteiger partial charge in [0.05, 0.1) is 0 Å². The first kappa shape index (κ1) is 17.4. The van der Waals surface area contributed by atoms with Gasteiger partial charge >= 0.3 is 0 Å². The summed E-state index contributed by atoms with van der Waals surface area (Å²) in [6, 6.07) is 7.14. The van der Waals surface area contributed by atoms with Crippen LogP contribution in [0.3, 0.4) is 0 Å². The minimum Gasteiger partial charge on any atom is -0.267 e. The second-order valence-corrected chi connectivity index (χ2v) is 5.97. The van der Waals surface area contributed by atoms with Crippen LogP contribution in [0.2, 0.25) is 0 Å². The molecule has 0 bridgehead atoms. The number of hydrazone groups is 1. The fourth-order valence-corrected chi connectivity index (χ4v) is 1.86. The maximum absolute atomic E-state index is 11.8. The van der Waals surface area contributed by atoms with E-state index in [2.05, 4.69) is 53.3 Å². The number of nitrogens with one attached hydrogen (secondary N) is 1. The molecule has 1 aromatic rings. The van der Waals surface area contributed by atoms with E-state index in [1.165, 1.54) is 11.1 Å². The molecule has 0 heterocycles. The molecule has 0 spiro atoms. The minimum absolute atomic E-state index is 0.214. The number of rotatable bonds is 6. The lowest BCUT2D eigenvalue weighted by molar-refractivity contribution is 0.0955. The number of halogens is 1. The third-order valence-corrected chi connectivity index (χ3v) is 3.33. The van der Waals surface area contributed by atoms with E-state index in [-0.39, 0.29) is 5.91 Å². The SMILES string of the molecule is CC(C)=CCC/C(C)=C/C=N\NC(=O)c1ccc(Br)cc1. The van der Waals surface area contributed by atoms with Gasteiger partial charge in [-0.1, -0.05) is 33.2 Å². The van der Waals surface area contributed by atoms with Crippen LogP contribution in [0.1, 0.15) is 44.0 Å². The second kappa shape index (κ2) is 9.29. The first-order valence-corrected chi connectivity index (χ1v) is 7.66. The van der Waals surface area contributed by atoms with Crippen LogP contribution in [0.5, 0.6) is 0 Å². The molecular formula is C17H21BrN2O. The van der Waals surface area contributed by atoms with E-state index in [0.717, 1.165) is 17.3 Å². The predicted octanol–water partition coefficient (Wildman–Crippen LogP) is 4.86. The number of carbonyl (C=O) groups excluding carboxylic acids is 1. The van der Waals surface area contributed by atoms with Crippen LogP contribution in [-0.4, -0.2) is 12.1 Å². The van der Waals surface area contributed by atoms with Gasteiger partial charge in [-0.25, -0.2) is 5.43 Å². The molecule has 1 aromatic carbocycles. The van der Waals surface area contributed by atoms with Gasteiger partial charge in [0.1, 0.15) is 0 Å². The summed E-state index contributed by atoms with van der Waals surface area (Å²) in [7, 11) is 0. The number of amides is 1. The summed E-state index contributed by atoms with van der Waals surface area (Å²) in [5.74, 6) is -0.214. The van der Waals surface area contributed by atoms with E-state index < -0.39 is 0 Å². The zero-order valence-corrected chi connectivity index (χ0v) is 14.3. The van der Waals surface area contributed by atoms with Crippen LogP contribution in [0.4, 0.5) is 0 Å². The summed E-state index contributed by atoms with van der Waals surface area (Å²) in [6.45, 7) is 6.25. The van der Waals surface area contributed by atoms with Gasteiger partial charge in [0.2, 0.25) is 0 Å². The molecule has 0 aliphatic rings. The Morgan fingerprint density at radius 1 is 1.24 bits per heavy atom. The van der Waals surface area contributed by atoms with Gasteiger partial charge in [-0.05, 0) is 64.0 Å². The molecule has 0 aliphatic carbocycles. The average Bonchev–Trinajstić information content (AvgIpc) is 2.43. The number of allylic oxidation sites excluding steroid dienone is 4. The van der Waals surface area contributed by atoms with Crippen LogP contribution in [0.15, 0.2) is 57.1 Å². The molecule has 0 saturated carbocycles. The van der Waals surface area contributed by atoms with Gasteiger partial charge in [0, 0.05) is 16.3 Å². The average molecular weight is 349 g/mol. The quantitative estimate of drug-likeness (QED) is 0.445. The molecule has 1 N–H and O–H groups in total. The molecule has 4 heteroatoms. The van der Waals surface area contributed by atoms with Gasteiger partial charge in [-0.3, -0.25) is 4.79 Å². The van der Waals surface area contributed by atoms with E-state index in [1.807, 2.05) is 18.2 Å². The van der Waals surface area contributed by atoms with Crippen molar-refractivity contribution in [1.29, 1.82) is 0 Å². The monoisotopic (exact) mass is 348 g/mol. The number of nitrogens with zero attached hydrogens (tertiary/aromatic N) is 1. The maximum Gasteiger partial charge on any atom is 0.271 e. The maximum atomic E-state index is 11.8. The molecule has 0 fully saturated rings. The van der Waals surface area contributed by atoms with Crippen molar-refractivity contribution in [1.82, 2.24) is 5.43 Å². The van der Waals surface area contributed by atoms with Crippen molar-refractivity contribution in [3.05, 3.63) is 57.6 Å². The van der Waals surface area contributed by atoms with E-state index >= 15 is 0 Å². The Balaban J connectivity index is 2.41. The third-order valence-electron chi connectivity index (χ3n) is 2.80. The molecule has 112 valence electrons. The summed E-state index contributed by atoms with van der Waals surface area (Å²) in [4.78, 5) is 11.8. The van der Waals surface area contributed by atoms with Crippen molar-refractivity contribution >= 4 is 28.1 Å². The molecule has 3 nitrogen and oxygen atoms in total. The van der Waals surface area contributed by atoms with Crippen molar-refractivity contribution in [2.75, 3.05) is 0 Å². The minimum atomic E-state index is -0.214. The van der Waals surface area contributed by atoms with Crippen LogP contribution in [-0.2, 0) is 0 Å². The van der Waals surface area contributed by atoms with Gasteiger partial charge in [0.25, 0.3) is 5.91 Å². The van der Waals surface area contributed by atoms with Gasteiger partial charge in [-0.15, -0.1) is 0 Å². The first-order valence-electron chi connectivity index (χ1n) is 6.87. The molecule has 0 atom stereocenters. The second-order valence-electron chi connectivity index (χ2n) is 5.06. The number of hydrogen-bond acceptors (Lipinski definition) is 2. The van der Waals surface area contributed by atoms with Crippen LogP contribution >= 0.6 is 15.9 Å². The number of benzene rings is 1. The van der Waals surface area contributed by atoms with E-state index in [4.69, 9.17) is 0 Å². The molecule has 0 radical (unpaired) electrons. The molecule has 0 saturated heterocycles. The standard InChI is InChI=1S/C17H21BrN2O/c1-13(2)5-4-6-14(3)11-12-19-20-17(21)15-7-9-16(18)10-8-15/h5,7-12H,4,6H2,1-3H3,(H,20,21)/b14-11+,19-12-. The highest BCUT2D eigenvalue weighted by molar-refractivity contribution is 9.10. The van der Waals surface area contributed by atoms with Crippen molar-refractivity contribution in [3.8, 4) is 0 Å². The van der Waals surface area contributed by atoms with Gasteiger partial charge < -0.3 is 0 Å². The van der Waals surface area contributed by atoms with Crippen molar-refractivity contribution in [2.45, 2.75) is 33.6 Å². The summed E-state index contributed by atoms with van der Waals surface area (Å²) < 4.78 is 0.942. The highest BCUT2D eigenvalue weighted by Crippen LogP contribution is 2.10. The molecule has 0 unspecified atom stereocenters. The van der Waals surface area contributed by atoms with Crippen LogP contribution < -0.4 is 5.43 Å². The highest BCUT2D eigenvalue weighted by atomic mass is 79.9. The number of hydrogen-bond donors (Lipinski definition) is 1. The summed E-state index contributed by atoms with van der Waals surface area (Å²) >= 11 is 3.33. The summed E-state index contributed by atoms with van der Waals surface area (Å²) in [5, 5.41) is 3.93. The lowest BCUT2D eigenvalue weighted by atomic mass is 10.1.